The van der Waals surface area contributed by atoms with Crippen molar-refractivity contribution in [3.8, 4) is 5.75 Å². The summed E-state index contributed by atoms with van der Waals surface area (Å²) in [5.74, 6) is 0.642. The van der Waals surface area contributed by atoms with Crippen molar-refractivity contribution in [3.63, 3.8) is 0 Å². The summed E-state index contributed by atoms with van der Waals surface area (Å²) >= 11 is 0. The number of para-hydroxylation sites is 1. The Bertz CT molecular complexity index is 908. The molecule has 3 nitrogen and oxygen atoms in total. The molecule has 0 bridgehead atoms. The van der Waals surface area contributed by atoms with Gasteiger partial charge in [0.1, 0.15) is 22.3 Å². The van der Waals surface area contributed by atoms with Crippen LogP contribution in [0.1, 0.15) is 51.0 Å². The minimum atomic E-state index is -0.0187. The van der Waals surface area contributed by atoms with E-state index in [4.69, 9.17) is 9.15 Å². The summed E-state index contributed by atoms with van der Waals surface area (Å²) in [5, 5.41) is 1.15. The predicted molar refractivity (Wildman–Crippen MR) is 104 cm³/mol. The molecule has 0 atom stereocenters. The highest BCUT2D eigenvalue weighted by molar-refractivity contribution is 5.93. The molecule has 0 saturated carbocycles. The van der Waals surface area contributed by atoms with Gasteiger partial charge >= 0.3 is 0 Å². The average molecular weight is 338 g/mol. The molecule has 3 heteroatoms. The van der Waals surface area contributed by atoms with E-state index >= 15 is 0 Å². The molecule has 132 valence electrons. The lowest BCUT2D eigenvalue weighted by molar-refractivity contribution is 0.307. The van der Waals surface area contributed by atoms with Crippen molar-refractivity contribution >= 4 is 21.9 Å². The van der Waals surface area contributed by atoms with Crippen LogP contribution in [0.3, 0.4) is 0 Å². The Morgan fingerprint density at radius 2 is 1.72 bits per heavy atom. The van der Waals surface area contributed by atoms with Crippen molar-refractivity contribution < 1.29 is 9.15 Å². The highest BCUT2D eigenvalue weighted by atomic mass is 16.5. The maximum atomic E-state index is 12.9. The number of fused-ring (bicyclic) bond motifs is 2. The van der Waals surface area contributed by atoms with E-state index in [-0.39, 0.29) is 5.43 Å². The van der Waals surface area contributed by atoms with E-state index in [1.807, 2.05) is 37.3 Å². The molecule has 0 unspecified atom stereocenters. The van der Waals surface area contributed by atoms with Gasteiger partial charge in [-0.1, -0.05) is 51.2 Å². The summed E-state index contributed by atoms with van der Waals surface area (Å²) in [6.07, 6.45) is 7.28. The third-order valence-corrected chi connectivity index (χ3v) is 4.54. The molecule has 0 saturated heterocycles. The van der Waals surface area contributed by atoms with E-state index < -0.39 is 0 Å². The number of rotatable bonds is 8. The van der Waals surface area contributed by atoms with Crippen LogP contribution in [0, 0.1) is 6.92 Å². The second-order valence-corrected chi connectivity index (χ2v) is 6.68. The molecular formula is C22H26O3. The maximum Gasteiger partial charge on any atom is 0.204 e. The smallest absolute Gasteiger partial charge is 0.204 e. The van der Waals surface area contributed by atoms with Crippen LogP contribution in [-0.4, -0.2) is 6.61 Å². The Morgan fingerprint density at radius 1 is 0.960 bits per heavy atom. The van der Waals surface area contributed by atoms with Crippen LogP contribution < -0.4 is 10.2 Å². The van der Waals surface area contributed by atoms with Gasteiger partial charge in [0.15, 0.2) is 0 Å². The lowest BCUT2D eigenvalue weighted by Crippen LogP contribution is -2.06. The van der Waals surface area contributed by atoms with Gasteiger partial charge in [-0.25, -0.2) is 0 Å². The Hall–Kier alpha value is -2.29. The Labute approximate surface area is 148 Å². The van der Waals surface area contributed by atoms with Gasteiger partial charge in [-0.2, -0.15) is 0 Å². The third kappa shape index (κ3) is 4.04. The molecule has 0 aliphatic heterocycles. The second-order valence-electron chi connectivity index (χ2n) is 6.68. The van der Waals surface area contributed by atoms with Gasteiger partial charge in [-0.3, -0.25) is 4.79 Å². The summed E-state index contributed by atoms with van der Waals surface area (Å²) in [4.78, 5) is 12.9. The normalized spacial score (nSPS) is 11.3. The van der Waals surface area contributed by atoms with Crippen LogP contribution in [0.5, 0.6) is 5.75 Å². The predicted octanol–water partition coefficient (Wildman–Crippen LogP) is 5.99. The van der Waals surface area contributed by atoms with Crippen LogP contribution >= 0.6 is 0 Å². The van der Waals surface area contributed by atoms with E-state index in [0.29, 0.717) is 34.3 Å². The van der Waals surface area contributed by atoms with Crippen LogP contribution in [0.2, 0.25) is 0 Å². The molecule has 3 rings (SSSR count). The zero-order valence-electron chi connectivity index (χ0n) is 15.1. The quantitative estimate of drug-likeness (QED) is 0.374. The maximum absolute atomic E-state index is 12.9. The average Bonchev–Trinajstić information content (AvgIpc) is 2.60. The zero-order valence-corrected chi connectivity index (χ0v) is 15.1. The van der Waals surface area contributed by atoms with Crippen LogP contribution in [0.4, 0.5) is 0 Å². The molecule has 0 aliphatic rings. The lowest BCUT2D eigenvalue weighted by Gasteiger charge is -2.11. The zero-order chi connectivity index (χ0) is 17.6. The summed E-state index contributed by atoms with van der Waals surface area (Å²) in [6, 6.07) is 11.2. The molecule has 3 aromatic rings. The van der Waals surface area contributed by atoms with E-state index in [1.165, 1.54) is 32.1 Å². The summed E-state index contributed by atoms with van der Waals surface area (Å²) in [7, 11) is 0. The summed E-state index contributed by atoms with van der Waals surface area (Å²) in [5.41, 5.74) is 2.23. The Morgan fingerprint density at radius 3 is 2.56 bits per heavy atom. The van der Waals surface area contributed by atoms with Crippen LogP contribution in [-0.2, 0) is 0 Å². The molecular weight excluding hydrogens is 312 g/mol. The highest BCUT2D eigenvalue weighted by Crippen LogP contribution is 2.28. The van der Waals surface area contributed by atoms with Crippen molar-refractivity contribution in [3.05, 3.63) is 52.2 Å². The molecule has 0 fully saturated rings. The van der Waals surface area contributed by atoms with Crippen molar-refractivity contribution in [2.24, 2.45) is 0 Å². The second kappa shape index (κ2) is 8.19. The van der Waals surface area contributed by atoms with Crippen molar-refractivity contribution in [1.82, 2.24) is 0 Å². The number of unbranched alkanes of at least 4 members (excludes halogenated alkanes) is 5. The van der Waals surface area contributed by atoms with Gasteiger partial charge < -0.3 is 9.15 Å². The first-order valence-corrected chi connectivity index (χ1v) is 9.29. The Kier molecular flexibility index (Phi) is 5.75. The fraction of sp³-hybridized carbons (Fsp3) is 0.409. The molecule has 0 amide bonds. The number of aryl methyl sites for hydroxylation is 1. The molecule has 0 aliphatic carbocycles. The minimum Gasteiger partial charge on any atom is -0.493 e. The lowest BCUT2D eigenvalue weighted by atomic mass is 10.1. The van der Waals surface area contributed by atoms with Crippen molar-refractivity contribution in [1.29, 1.82) is 0 Å². The highest BCUT2D eigenvalue weighted by Gasteiger charge is 2.13. The van der Waals surface area contributed by atoms with Crippen LogP contribution in [0.15, 0.2) is 45.6 Å². The minimum absolute atomic E-state index is 0.0187. The van der Waals surface area contributed by atoms with Crippen LogP contribution in [0.25, 0.3) is 21.9 Å². The summed E-state index contributed by atoms with van der Waals surface area (Å²) < 4.78 is 11.9. The monoisotopic (exact) mass is 338 g/mol. The first kappa shape index (κ1) is 17.5. The fourth-order valence-electron chi connectivity index (χ4n) is 3.20. The van der Waals surface area contributed by atoms with Gasteiger partial charge in [0.2, 0.25) is 5.43 Å². The fourth-order valence-corrected chi connectivity index (χ4v) is 3.20. The molecule has 1 aromatic heterocycles. The van der Waals surface area contributed by atoms with Gasteiger partial charge in [0, 0.05) is 0 Å². The van der Waals surface area contributed by atoms with Crippen molar-refractivity contribution in [2.45, 2.75) is 52.4 Å². The molecule has 1 heterocycles. The van der Waals surface area contributed by atoms with E-state index in [0.717, 1.165) is 12.0 Å². The van der Waals surface area contributed by atoms with Gasteiger partial charge in [-0.15, -0.1) is 0 Å². The van der Waals surface area contributed by atoms with E-state index in [1.54, 1.807) is 6.07 Å². The first-order valence-electron chi connectivity index (χ1n) is 9.29. The molecule has 0 radical (unpaired) electrons. The number of benzene rings is 2. The molecule has 25 heavy (non-hydrogen) atoms. The van der Waals surface area contributed by atoms with E-state index in [9.17, 15) is 4.79 Å². The molecule has 2 aromatic carbocycles. The van der Waals surface area contributed by atoms with E-state index in [2.05, 4.69) is 6.92 Å². The standard InChI is InChI=1S/C22H26O3/c1-3-4-5-6-7-10-13-24-19-14-16(2)15-20-21(19)22(23)17-11-8-9-12-18(17)25-20/h8-9,11-12,14-15H,3-7,10,13H2,1-2H3. The molecule has 0 N–H and O–H groups in total. The van der Waals surface area contributed by atoms with Gasteiger partial charge in [-0.05, 0) is 43.2 Å². The third-order valence-electron chi connectivity index (χ3n) is 4.54. The topological polar surface area (TPSA) is 39.4 Å². The van der Waals surface area contributed by atoms with Crippen molar-refractivity contribution in [2.75, 3.05) is 6.61 Å². The summed E-state index contributed by atoms with van der Waals surface area (Å²) in [6.45, 7) is 4.85. The Balaban J connectivity index is 1.82. The number of hydrogen-bond acceptors (Lipinski definition) is 3. The number of ether oxygens (including phenoxy) is 1. The largest absolute Gasteiger partial charge is 0.493 e. The number of hydrogen-bond donors (Lipinski definition) is 0. The molecule has 0 spiro atoms. The SMILES string of the molecule is CCCCCCCCOc1cc(C)cc2oc3ccccc3c(=O)c12. The first-order chi connectivity index (χ1) is 12.2. The van der Waals surface area contributed by atoms with Gasteiger partial charge in [0.05, 0.1) is 12.0 Å². The van der Waals surface area contributed by atoms with Gasteiger partial charge in [0.25, 0.3) is 0 Å².